The third kappa shape index (κ3) is 3.29. The highest BCUT2D eigenvalue weighted by Crippen LogP contribution is 2.32. The molecule has 19 heavy (non-hydrogen) atoms. The van der Waals surface area contributed by atoms with Crippen molar-refractivity contribution in [2.24, 2.45) is 0 Å². The number of rotatable bonds is 2. The van der Waals surface area contributed by atoms with E-state index >= 15 is 0 Å². The van der Waals surface area contributed by atoms with Crippen LogP contribution in [0, 0.1) is 0 Å². The molecular weight excluding hydrogens is 281 g/mol. The number of pyridine rings is 1. The van der Waals surface area contributed by atoms with E-state index in [0.717, 1.165) is 0 Å². The second-order valence-corrected chi connectivity index (χ2v) is 4.06. The lowest BCUT2D eigenvalue weighted by Crippen LogP contribution is -2.16. The second kappa shape index (κ2) is 4.97. The van der Waals surface area contributed by atoms with Gasteiger partial charge in [-0.2, -0.15) is 0 Å². The summed E-state index contributed by atoms with van der Waals surface area (Å²) in [5.74, 6) is -0.301. The molecule has 1 aromatic carbocycles. The molecule has 1 aromatic heterocycles. The standard InChI is InChI=1S/C12H8ClF3N2O/c13-10-6-18-5-9(11(10)17)7-1-3-8(4-2-7)19-12(14,15)16/h1-6H,(H2,17,18). The third-order valence-electron chi connectivity index (χ3n) is 2.34. The Morgan fingerprint density at radius 1 is 1.11 bits per heavy atom. The van der Waals surface area contributed by atoms with Crippen LogP contribution >= 0.6 is 11.6 Å². The van der Waals surface area contributed by atoms with Crippen LogP contribution < -0.4 is 10.5 Å². The van der Waals surface area contributed by atoms with Crippen LogP contribution in [0.4, 0.5) is 18.9 Å². The van der Waals surface area contributed by atoms with Gasteiger partial charge in [-0.1, -0.05) is 23.7 Å². The van der Waals surface area contributed by atoms with E-state index in [9.17, 15) is 13.2 Å². The van der Waals surface area contributed by atoms with Crippen LogP contribution in [0.25, 0.3) is 11.1 Å². The highest BCUT2D eigenvalue weighted by atomic mass is 35.5. The van der Waals surface area contributed by atoms with Gasteiger partial charge in [0.05, 0.1) is 10.7 Å². The van der Waals surface area contributed by atoms with Crippen molar-refractivity contribution in [3.63, 3.8) is 0 Å². The van der Waals surface area contributed by atoms with Crippen LogP contribution in [0.3, 0.4) is 0 Å². The van der Waals surface area contributed by atoms with Crippen LogP contribution in [0.5, 0.6) is 5.75 Å². The van der Waals surface area contributed by atoms with E-state index in [1.54, 1.807) is 0 Å². The molecule has 0 fully saturated rings. The molecule has 0 radical (unpaired) electrons. The van der Waals surface area contributed by atoms with E-state index in [-0.39, 0.29) is 10.8 Å². The van der Waals surface area contributed by atoms with Gasteiger partial charge >= 0.3 is 6.36 Å². The van der Waals surface area contributed by atoms with Gasteiger partial charge in [-0.05, 0) is 17.7 Å². The Morgan fingerprint density at radius 3 is 2.32 bits per heavy atom. The third-order valence-corrected chi connectivity index (χ3v) is 2.64. The first-order valence-corrected chi connectivity index (χ1v) is 5.50. The number of halogens is 4. The number of nitrogen functional groups attached to an aromatic ring is 1. The predicted molar refractivity (Wildman–Crippen MR) is 65.8 cm³/mol. The summed E-state index contributed by atoms with van der Waals surface area (Å²) >= 11 is 5.82. The Hall–Kier alpha value is -1.95. The van der Waals surface area contributed by atoms with E-state index in [4.69, 9.17) is 17.3 Å². The largest absolute Gasteiger partial charge is 0.573 e. The van der Waals surface area contributed by atoms with Gasteiger partial charge in [0, 0.05) is 18.0 Å². The van der Waals surface area contributed by atoms with Crippen LogP contribution in [0.2, 0.25) is 5.02 Å². The van der Waals surface area contributed by atoms with Gasteiger partial charge in [0.2, 0.25) is 0 Å². The summed E-state index contributed by atoms with van der Waals surface area (Å²) in [6.45, 7) is 0. The van der Waals surface area contributed by atoms with E-state index in [2.05, 4.69) is 9.72 Å². The monoisotopic (exact) mass is 288 g/mol. The highest BCUT2D eigenvalue weighted by molar-refractivity contribution is 6.33. The Kier molecular flexibility index (Phi) is 3.53. The molecule has 0 aliphatic carbocycles. The molecule has 7 heteroatoms. The zero-order chi connectivity index (χ0) is 14.0. The number of anilines is 1. The van der Waals surface area contributed by atoms with Crippen molar-refractivity contribution in [1.82, 2.24) is 4.98 Å². The molecule has 1 heterocycles. The number of hydrogen-bond donors (Lipinski definition) is 1. The van der Waals surface area contributed by atoms with Crippen LogP contribution in [0.15, 0.2) is 36.7 Å². The average Bonchev–Trinajstić information content (AvgIpc) is 2.32. The fraction of sp³-hybridized carbons (Fsp3) is 0.0833. The van der Waals surface area contributed by atoms with Crippen molar-refractivity contribution in [2.45, 2.75) is 6.36 Å². The molecule has 0 unspecified atom stereocenters. The van der Waals surface area contributed by atoms with Gasteiger partial charge in [0.1, 0.15) is 5.75 Å². The summed E-state index contributed by atoms with van der Waals surface area (Å²) in [6.07, 6.45) is -1.83. The Balaban J connectivity index is 2.30. The molecule has 2 N–H and O–H groups in total. The van der Waals surface area contributed by atoms with Crippen molar-refractivity contribution in [2.75, 3.05) is 5.73 Å². The van der Waals surface area contributed by atoms with Crippen molar-refractivity contribution < 1.29 is 17.9 Å². The number of hydrogen-bond acceptors (Lipinski definition) is 3. The maximum Gasteiger partial charge on any atom is 0.573 e. The maximum absolute atomic E-state index is 12.0. The maximum atomic E-state index is 12.0. The van der Waals surface area contributed by atoms with Crippen molar-refractivity contribution in [3.05, 3.63) is 41.7 Å². The van der Waals surface area contributed by atoms with E-state index in [1.807, 2.05) is 0 Å². The first-order chi connectivity index (χ1) is 8.87. The molecule has 0 bridgehead atoms. The van der Waals surface area contributed by atoms with E-state index < -0.39 is 6.36 Å². The molecule has 0 aliphatic rings. The lowest BCUT2D eigenvalue weighted by Gasteiger charge is -2.10. The molecule has 100 valence electrons. The minimum absolute atomic E-state index is 0.285. The zero-order valence-electron chi connectivity index (χ0n) is 9.41. The highest BCUT2D eigenvalue weighted by Gasteiger charge is 2.30. The van der Waals surface area contributed by atoms with Crippen molar-refractivity contribution in [3.8, 4) is 16.9 Å². The fourth-order valence-electron chi connectivity index (χ4n) is 1.51. The van der Waals surface area contributed by atoms with Gasteiger partial charge < -0.3 is 10.5 Å². The quantitative estimate of drug-likeness (QED) is 0.912. The number of benzene rings is 1. The molecule has 2 aromatic rings. The first-order valence-electron chi connectivity index (χ1n) is 5.12. The SMILES string of the molecule is Nc1c(Cl)cncc1-c1ccc(OC(F)(F)F)cc1. The lowest BCUT2D eigenvalue weighted by atomic mass is 10.1. The fourth-order valence-corrected chi connectivity index (χ4v) is 1.67. The first kappa shape index (κ1) is 13.5. The molecule has 3 nitrogen and oxygen atoms in total. The number of alkyl halides is 3. The summed E-state index contributed by atoms with van der Waals surface area (Å²) in [7, 11) is 0. The Bertz CT molecular complexity index is 585. The van der Waals surface area contributed by atoms with Crippen LogP contribution in [0.1, 0.15) is 0 Å². The van der Waals surface area contributed by atoms with Gasteiger partial charge in [-0.25, -0.2) is 0 Å². The average molecular weight is 289 g/mol. The second-order valence-electron chi connectivity index (χ2n) is 3.65. The summed E-state index contributed by atoms with van der Waals surface area (Å²) in [5, 5.41) is 0.285. The summed E-state index contributed by atoms with van der Waals surface area (Å²) in [5.41, 5.74) is 7.24. The number of nitrogens with zero attached hydrogens (tertiary/aromatic N) is 1. The molecular formula is C12H8ClF3N2O. The number of ether oxygens (including phenoxy) is 1. The van der Waals surface area contributed by atoms with Gasteiger partial charge in [-0.3, -0.25) is 4.98 Å². The number of aromatic nitrogens is 1. The van der Waals surface area contributed by atoms with Crippen LogP contribution in [-0.2, 0) is 0 Å². The molecule has 0 amide bonds. The molecule has 2 rings (SSSR count). The Morgan fingerprint density at radius 2 is 1.74 bits per heavy atom. The van der Waals surface area contributed by atoms with E-state index in [0.29, 0.717) is 16.8 Å². The molecule has 0 aliphatic heterocycles. The Labute approximate surface area is 111 Å². The summed E-state index contributed by atoms with van der Waals surface area (Å²) in [4.78, 5) is 3.88. The molecule has 0 saturated carbocycles. The van der Waals surface area contributed by atoms with Gasteiger partial charge in [0.15, 0.2) is 0 Å². The molecule has 0 saturated heterocycles. The predicted octanol–water partition coefficient (Wildman–Crippen LogP) is 3.88. The minimum Gasteiger partial charge on any atom is -0.406 e. The van der Waals surface area contributed by atoms with Gasteiger partial charge in [-0.15, -0.1) is 13.2 Å². The summed E-state index contributed by atoms with van der Waals surface area (Å²) < 4.78 is 39.8. The summed E-state index contributed by atoms with van der Waals surface area (Å²) in [6, 6.07) is 5.29. The number of nitrogens with two attached hydrogens (primary N) is 1. The van der Waals surface area contributed by atoms with E-state index in [1.165, 1.54) is 36.7 Å². The smallest absolute Gasteiger partial charge is 0.406 e. The zero-order valence-corrected chi connectivity index (χ0v) is 10.2. The topological polar surface area (TPSA) is 48.1 Å². The van der Waals surface area contributed by atoms with Crippen molar-refractivity contribution in [1.29, 1.82) is 0 Å². The van der Waals surface area contributed by atoms with Gasteiger partial charge in [0.25, 0.3) is 0 Å². The minimum atomic E-state index is -4.71. The van der Waals surface area contributed by atoms with Crippen LogP contribution in [-0.4, -0.2) is 11.3 Å². The van der Waals surface area contributed by atoms with Crippen molar-refractivity contribution >= 4 is 17.3 Å². The normalized spacial score (nSPS) is 11.4. The lowest BCUT2D eigenvalue weighted by molar-refractivity contribution is -0.274. The molecule has 0 atom stereocenters. The molecule has 0 spiro atoms.